The molecule has 0 radical (unpaired) electrons. The molecule has 0 spiro atoms. The number of aryl methyl sites for hydroxylation is 1. The van der Waals surface area contributed by atoms with E-state index in [2.05, 4.69) is 57.6 Å². The third kappa shape index (κ3) is 4.44. The molecule has 0 unspecified atom stereocenters. The molecule has 8 heteroatoms. The second kappa shape index (κ2) is 9.51. The number of carbonyl (C=O) groups is 1. The molecule has 0 bridgehead atoms. The van der Waals surface area contributed by atoms with Crippen LogP contribution in [0, 0.1) is 0 Å². The number of fused-ring (bicyclic) bond motifs is 1. The van der Waals surface area contributed by atoms with Crippen molar-refractivity contribution in [2.45, 2.75) is 13.3 Å². The van der Waals surface area contributed by atoms with Crippen LogP contribution in [0.5, 0.6) is 0 Å². The van der Waals surface area contributed by atoms with E-state index in [4.69, 9.17) is 4.98 Å². The molecule has 34 heavy (non-hydrogen) atoms. The number of nitrogens with zero attached hydrogens (tertiary/aromatic N) is 6. The Morgan fingerprint density at radius 1 is 1.00 bits per heavy atom. The molecule has 2 amide bonds. The second-order valence-electron chi connectivity index (χ2n) is 8.61. The van der Waals surface area contributed by atoms with Crippen LogP contribution in [-0.4, -0.2) is 63.4 Å². The van der Waals surface area contributed by atoms with Gasteiger partial charge >= 0.3 is 6.03 Å². The molecule has 0 atom stereocenters. The van der Waals surface area contributed by atoms with Crippen LogP contribution in [0.2, 0.25) is 0 Å². The van der Waals surface area contributed by atoms with Gasteiger partial charge in [0.05, 0.1) is 11.7 Å². The summed E-state index contributed by atoms with van der Waals surface area (Å²) in [5.41, 5.74) is 5.23. The van der Waals surface area contributed by atoms with Gasteiger partial charge in [-0.2, -0.15) is 5.10 Å². The van der Waals surface area contributed by atoms with Gasteiger partial charge in [0, 0.05) is 74.9 Å². The molecular weight excluding hydrogens is 426 g/mol. The van der Waals surface area contributed by atoms with Gasteiger partial charge in [0.2, 0.25) is 0 Å². The smallest absolute Gasteiger partial charge is 0.317 e. The Morgan fingerprint density at radius 3 is 2.56 bits per heavy atom. The topological polar surface area (TPSA) is 79.2 Å². The predicted molar refractivity (Wildman–Crippen MR) is 135 cm³/mol. The Bertz CT molecular complexity index is 1290. The minimum Gasteiger partial charge on any atom is -0.353 e. The molecule has 174 valence electrons. The molecule has 1 N–H and O–H groups in total. The van der Waals surface area contributed by atoms with E-state index < -0.39 is 0 Å². The van der Waals surface area contributed by atoms with E-state index in [0.717, 1.165) is 58.5 Å². The fourth-order valence-corrected chi connectivity index (χ4v) is 4.37. The zero-order valence-electron chi connectivity index (χ0n) is 19.6. The lowest BCUT2D eigenvalue weighted by molar-refractivity contribution is 0.194. The number of piperazine rings is 1. The normalized spacial score (nSPS) is 13.9. The number of hydrogen-bond acceptors (Lipinski definition) is 5. The fourth-order valence-electron chi connectivity index (χ4n) is 4.37. The van der Waals surface area contributed by atoms with E-state index in [1.54, 1.807) is 4.68 Å². The lowest BCUT2D eigenvalue weighted by atomic mass is 9.97. The Morgan fingerprint density at radius 2 is 1.85 bits per heavy atom. The molecule has 3 aromatic heterocycles. The SMILES string of the molecule is CCCNC(=O)N1CCN(c2ccc(-c3cc(-c4cnn(C)c4)cc4ncccc34)cn2)CC1. The number of anilines is 1. The molecule has 5 rings (SSSR count). The Balaban J connectivity index is 1.38. The number of hydrogen-bond donors (Lipinski definition) is 1. The summed E-state index contributed by atoms with van der Waals surface area (Å²) < 4.78 is 1.81. The van der Waals surface area contributed by atoms with E-state index in [0.29, 0.717) is 19.6 Å². The highest BCUT2D eigenvalue weighted by molar-refractivity contribution is 5.98. The highest BCUT2D eigenvalue weighted by Crippen LogP contribution is 2.33. The average Bonchev–Trinajstić information content (AvgIpc) is 3.33. The highest BCUT2D eigenvalue weighted by Gasteiger charge is 2.21. The highest BCUT2D eigenvalue weighted by atomic mass is 16.2. The molecule has 0 aliphatic carbocycles. The lowest BCUT2D eigenvalue weighted by Gasteiger charge is -2.35. The van der Waals surface area contributed by atoms with Gasteiger partial charge in [0.25, 0.3) is 0 Å². The van der Waals surface area contributed by atoms with Gasteiger partial charge in [0.1, 0.15) is 5.82 Å². The minimum absolute atomic E-state index is 0.0267. The maximum absolute atomic E-state index is 12.2. The first-order valence-electron chi connectivity index (χ1n) is 11.7. The second-order valence-corrected chi connectivity index (χ2v) is 8.61. The van der Waals surface area contributed by atoms with Gasteiger partial charge in [-0.1, -0.05) is 13.0 Å². The number of aromatic nitrogens is 4. The average molecular weight is 456 g/mol. The number of nitrogens with one attached hydrogen (secondary N) is 1. The quantitative estimate of drug-likeness (QED) is 0.493. The molecule has 1 aromatic carbocycles. The van der Waals surface area contributed by atoms with Crippen LogP contribution in [0.3, 0.4) is 0 Å². The van der Waals surface area contributed by atoms with Gasteiger partial charge in [-0.05, 0) is 47.9 Å². The molecule has 1 aliphatic heterocycles. The van der Waals surface area contributed by atoms with E-state index in [9.17, 15) is 4.79 Å². The summed E-state index contributed by atoms with van der Waals surface area (Å²) in [6, 6.07) is 12.6. The van der Waals surface area contributed by atoms with Crippen LogP contribution in [0.4, 0.5) is 10.6 Å². The van der Waals surface area contributed by atoms with Crippen molar-refractivity contribution < 1.29 is 4.79 Å². The Kier molecular flexibility index (Phi) is 6.12. The maximum atomic E-state index is 12.2. The molecule has 1 aliphatic rings. The van der Waals surface area contributed by atoms with Crippen LogP contribution in [-0.2, 0) is 7.05 Å². The van der Waals surface area contributed by atoms with Crippen molar-refractivity contribution in [3.8, 4) is 22.3 Å². The van der Waals surface area contributed by atoms with E-state index in [-0.39, 0.29) is 6.03 Å². The van der Waals surface area contributed by atoms with Crippen molar-refractivity contribution in [1.29, 1.82) is 0 Å². The van der Waals surface area contributed by atoms with Gasteiger partial charge in [-0.25, -0.2) is 9.78 Å². The number of urea groups is 1. The molecule has 4 aromatic rings. The summed E-state index contributed by atoms with van der Waals surface area (Å²) in [4.78, 5) is 25.7. The number of rotatable bonds is 5. The van der Waals surface area contributed by atoms with E-state index >= 15 is 0 Å². The number of benzene rings is 1. The monoisotopic (exact) mass is 455 g/mol. The summed E-state index contributed by atoms with van der Waals surface area (Å²) in [5, 5.41) is 8.37. The van der Waals surface area contributed by atoms with Gasteiger partial charge < -0.3 is 15.1 Å². The summed E-state index contributed by atoms with van der Waals surface area (Å²) in [6.45, 7) is 5.71. The van der Waals surface area contributed by atoms with Gasteiger partial charge in [-0.15, -0.1) is 0 Å². The largest absolute Gasteiger partial charge is 0.353 e. The number of carbonyl (C=O) groups excluding carboxylic acids is 1. The first kappa shape index (κ1) is 21.9. The molecule has 0 saturated carbocycles. The molecule has 8 nitrogen and oxygen atoms in total. The van der Waals surface area contributed by atoms with Crippen molar-refractivity contribution in [2.75, 3.05) is 37.6 Å². The predicted octanol–water partition coefficient (Wildman–Crippen LogP) is 3.94. The summed E-state index contributed by atoms with van der Waals surface area (Å²) in [5.74, 6) is 0.934. The first-order chi connectivity index (χ1) is 16.6. The van der Waals surface area contributed by atoms with Gasteiger partial charge in [-0.3, -0.25) is 9.67 Å². The molecule has 4 heterocycles. The van der Waals surface area contributed by atoms with Crippen LogP contribution in [0.15, 0.2) is 61.2 Å². The van der Waals surface area contributed by atoms with Crippen molar-refractivity contribution >= 4 is 22.8 Å². The van der Waals surface area contributed by atoms with Crippen molar-refractivity contribution in [3.63, 3.8) is 0 Å². The van der Waals surface area contributed by atoms with E-state index in [1.807, 2.05) is 42.8 Å². The van der Waals surface area contributed by atoms with Crippen LogP contribution in [0.1, 0.15) is 13.3 Å². The van der Waals surface area contributed by atoms with Crippen LogP contribution in [0.25, 0.3) is 33.2 Å². The van der Waals surface area contributed by atoms with Crippen molar-refractivity contribution in [3.05, 3.63) is 61.2 Å². The van der Waals surface area contributed by atoms with Gasteiger partial charge in [0.15, 0.2) is 0 Å². The number of amides is 2. The lowest BCUT2D eigenvalue weighted by Crippen LogP contribution is -2.52. The zero-order chi connectivity index (χ0) is 23.5. The third-order valence-corrected chi connectivity index (χ3v) is 6.23. The summed E-state index contributed by atoms with van der Waals surface area (Å²) in [6.07, 6.45) is 8.58. The first-order valence-corrected chi connectivity index (χ1v) is 11.7. The minimum atomic E-state index is 0.0267. The van der Waals surface area contributed by atoms with Crippen molar-refractivity contribution in [2.24, 2.45) is 7.05 Å². The Hall–Kier alpha value is -3.94. The molecule has 1 saturated heterocycles. The Labute approximate surface area is 199 Å². The fraction of sp³-hybridized carbons (Fsp3) is 0.308. The molecular formula is C26H29N7O. The summed E-state index contributed by atoms with van der Waals surface area (Å²) in [7, 11) is 1.92. The molecule has 1 fully saturated rings. The number of pyridine rings is 2. The van der Waals surface area contributed by atoms with E-state index in [1.165, 1.54) is 0 Å². The zero-order valence-corrected chi connectivity index (χ0v) is 19.6. The maximum Gasteiger partial charge on any atom is 0.317 e. The van der Waals surface area contributed by atoms with Crippen molar-refractivity contribution in [1.82, 2.24) is 30.0 Å². The van der Waals surface area contributed by atoms with Crippen LogP contribution >= 0.6 is 0 Å². The standard InChI is InChI=1S/C26H29N7O/c1-3-8-28-26(34)33-12-10-32(11-13-33)25-7-6-19(16-29-25)23-14-20(21-17-30-31(2)18-21)15-24-22(23)5-4-9-27-24/h4-7,9,14-18H,3,8,10-13H2,1-2H3,(H,28,34). The third-order valence-electron chi connectivity index (χ3n) is 6.23. The van der Waals surface area contributed by atoms with Crippen LogP contribution < -0.4 is 10.2 Å². The summed E-state index contributed by atoms with van der Waals surface area (Å²) >= 11 is 0.